The van der Waals surface area contributed by atoms with Crippen molar-refractivity contribution in [2.24, 2.45) is 0 Å². The van der Waals surface area contributed by atoms with Gasteiger partial charge in [0.25, 0.3) is 0 Å². The molecule has 166 valence electrons. The number of aromatic nitrogens is 2. The zero-order chi connectivity index (χ0) is 23.8. The molecular formula is C30H25N3O. The van der Waals surface area contributed by atoms with E-state index in [0.717, 1.165) is 22.4 Å². The second kappa shape index (κ2) is 8.61. The molecule has 3 heterocycles. The lowest BCUT2D eigenvalue weighted by molar-refractivity contribution is 0.582. The fourth-order valence-electron chi connectivity index (χ4n) is 4.51. The van der Waals surface area contributed by atoms with Crippen molar-refractivity contribution < 1.29 is 4.42 Å². The van der Waals surface area contributed by atoms with Crippen LogP contribution in [0.4, 0.5) is 0 Å². The lowest BCUT2D eigenvalue weighted by Crippen LogP contribution is -1.97. The summed E-state index contributed by atoms with van der Waals surface area (Å²) in [7, 11) is 0. The molecule has 0 saturated carbocycles. The highest BCUT2D eigenvalue weighted by atomic mass is 16.3. The maximum absolute atomic E-state index is 10.3. The van der Waals surface area contributed by atoms with Crippen molar-refractivity contribution in [3.8, 4) is 51.2 Å². The van der Waals surface area contributed by atoms with Gasteiger partial charge in [-0.1, -0.05) is 38.1 Å². The predicted molar refractivity (Wildman–Crippen MR) is 136 cm³/mol. The number of nitrogens with zero attached hydrogens (tertiary/aromatic N) is 3. The summed E-state index contributed by atoms with van der Waals surface area (Å²) in [5.41, 5.74) is 10.2. The van der Waals surface area contributed by atoms with Crippen LogP contribution >= 0.6 is 0 Å². The van der Waals surface area contributed by atoms with Crippen LogP contribution in [0.2, 0.25) is 0 Å². The van der Waals surface area contributed by atoms with Gasteiger partial charge in [0, 0.05) is 17.3 Å². The molecule has 3 aromatic rings. The van der Waals surface area contributed by atoms with Gasteiger partial charge in [-0.2, -0.15) is 5.26 Å². The zero-order valence-electron chi connectivity index (χ0n) is 19.8. The van der Waals surface area contributed by atoms with Gasteiger partial charge in [0.2, 0.25) is 0 Å². The largest absolute Gasteiger partial charge is 0.464 e. The van der Waals surface area contributed by atoms with Gasteiger partial charge < -0.3 is 4.42 Å². The lowest BCUT2D eigenvalue weighted by Gasteiger charge is -2.12. The average Bonchev–Trinajstić information content (AvgIpc) is 3.45. The van der Waals surface area contributed by atoms with Gasteiger partial charge in [-0.15, -0.1) is 0 Å². The van der Waals surface area contributed by atoms with Crippen molar-refractivity contribution in [2.75, 3.05) is 0 Å². The van der Waals surface area contributed by atoms with E-state index in [2.05, 4.69) is 63.0 Å². The Labute approximate surface area is 199 Å². The fraction of sp³-hybridized carbons (Fsp3) is 0.167. The molecule has 0 amide bonds. The van der Waals surface area contributed by atoms with Gasteiger partial charge in [-0.05, 0) is 84.0 Å². The monoisotopic (exact) mass is 443 g/mol. The first-order valence-electron chi connectivity index (χ1n) is 11.4. The van der Waals surface area contributed by atoms with E-state index in [9.17, 15) is 5.26 Å². The van der Waals surface area contributed by atoms with Crippen molar-refractivity contribution in [3.05, 3.63) is 95.4 Å². The Morgan fingerprint density at radius 2 is 1.71 bits per heavy atom. The first-order valence-corrected chi connectivity index (χ1v) is 11.4. The maximum Gasteiger partial charge on any atom is 0.135 e. The summed E-state index contributed by atoms with van der Waals surface area (Å²) in [6.45, 7) is 8.66. The molecule has 0 bridgehead atoms. The van der Waals surface area contributed by atoms with Crippen LogP contribution in [0.25, 0.3) is 45.1 Å². The lowest BCUT2D eigenvalue weighted by atomic mass is 9.95. The van der Waals surface area contributed by atoms with Gasteiger partial charge in [0.1, 0.15) is 11.8 Å². The molecule has 2 aliphatic carbocycles. The number of rotatable bonds is 4. The van der Waals surface area contributed by atoms with Gasteiger partial charge in [0.05, 0.1) is 28.9 Å². The predicted octanol–water partition coefficient (Wildman–Crippen LogP) is 7.79. The highest BCUT2D eigenvalue weighted by Gasteiger charge is 2.24. The molecule has 0 unspecified atom stereocenters. The molecule has 0 N–H and O–H groups in total. The normalized spacial score (nSPS) is 11.2. The van der Waals surface area contributed by atoms with Crippen LogP contribution < -0.4 is 0 Å². The molecule has 4 nitrogen and oxygen atoms in total. The minimum absolute atomic E-state index is 0.415. The molecule has 0 saturated heterocycles. The second-order valence-electron chi connectivity index (χ2n) is 8.93. The number of aryl methyl sites for hydroxylation is 2. The van der Waals surface area contributed by atoms with E-state index in [1.54, 1.807) is 12.5 Å². The van der Waals surface area contributed by atoms with Crippen molar-refractivity contribution in [1.29, 1.82) is 5.26 Å². The Balaban J connectivity index is 1.85. The summed E-state index contributed by atoms with van der Waals surface area (Å²) in [4.78, 5) is 9.52. The van der Waals surface area contributed by atoms with Crippen LogP contribution in [0, 0.1) is 25.2 Å². The average molecular weight is 444 g/mol. The molecular weight excluding hydrogens is 418 g/mol. The van der Waals surface area contributed by atoms with Gasteiger partial charge in [-0.25, -0.2) is 4.98 Å². The molecule has 2 aliphatic rings. The summed E-state index contributed by atoms with van der Waals surface area (Å²) in [5, 5.41) is 10.3. The highest BCUT2D eigenvalue weighted by molar-refractivity contribution is 5.94. The minimum atomic E-state index is 0.415. The number of furan rings is 1. The Hall–Kier alpha value is -4.23. The van der Waals surface area contributed by atoms with E-state index >= 15 is 0 Å². The topological polar surface area (TPSA) is 62.7 Å². The van der Waals surface area contributed by atoms with Crippen molar-refractivity contribution in [3.63, 3.8) is 0 Å². The number of hydrogen-bond donors (Lipinski definition) is 0. The zero-order valence-corrected chi connectivity index (χ0v) is 19.8. The third kappa shape index (κ3) is 3.66. The molecule has 0 atom stereocenters. The number of nitriles is 1. The molecule has 0 spiro atoms. The minimum Gasteiger partial charge on any atom is -0.464 e. The van der Waals surface area contributed by atoms with Crippen molar-refractivity contribution in [2.45, 2.75) is 33.6 Å². The maximum atomic E-state index is 10.3. The van der Waals surface area contributed by atoms with Crippen molar-refractivity contribution >= 4 is 0 Å². The van der Waals surface area contributed by atoms with Crippen LogP contribution in [-0.2, 0) is 0 Å². The summed E-state index contributed by atoms with van der Waals surface area (Å²) in [5.74, 6) is 1.05. The van der Waals surface area contributed by atoms with Crippen LogP contribution in [0.1, 0.15) is 42.0 Å². The third-order valence-corrected chi connectivity index (χ3v) is 6.32. The first kappa shape index (κ1) is 21.6. The first-order chi connectivity index (χ1) is 16.5. The molecule has 0 radical (unpaired) electrons. The molecule has 5 rings (SSSR count). The van der Waals surface area contributed by atoms with E-state index in [4.69, 9.17) is 9.40 Å². The standard InChI is InChI=1S/C30H25N3O/c1-18(2)21-11-10-19(3)29-22(15-21)20(4)14-24(29)30-25(17-31)23(28-9-7-13-34-28)16-27(33-30)26-8-5-6-12-32-26/h5-16,18H,1-4H3. The number of hydrogen-bond acceptors (Lipinski definition) is 4. The SMILES string of the molecule is Cc1cc(-c2nc(-c3ccccn3)cc(-c3ccco3)c2C#N)c2c(C)ccc(C(C)C)cc1-2. The van der Waals surface area contributed by atoms with Crippen molar-refractivity contribution in [1.82, 2.24) is 9.97 Å². The molecule has 34 heavy (non-hydrogen) atoms. The van der Waals surface area contributed by atoms with E-state index in [-0.39, 0.29) is 0 Å². The van der Waals surface area contributed by atoms with Gasteiger partial charge in [0.15, 0.2) is 0 Å². The quantitative estimate of drug-likeness (QED) is 0.284. The molecule has 4 heteroatoms. The summed E-state index contributed by atoms with van der Waals surface area (Å²) >= 11 is 0. The Kier molecular flexibility index (Phi) is 5.47. The summed E-state index contributed by atoms with van der Waals surface area (Å²) < 4.78 is 5.72. The van der Waals surface area contributed by atoms with E-state index in [1.807, 2.05) is 36.4 Å². The van der Waals surface area contributed by atoms with Gasteiger partial charge >= 0.3 is 0 Å². The third-order valence-electron chi connectivity index (χ3n) is 6.32. The summed E-state index contributed by atoms with van der Waals surface area (Å²) in [6, 6.07) is 22.5. The van der Waals surface area contributed by atoms with E-state index in [1.165, 1.54) is 16.7 Å². The number of pyridine rings is 2. The Morgan fingerprint density at radius 3 is 2.38 bits per heavy atom. The molecule has 0 fully saturated rings. The highest BCUT2D eigenvalue weighted by Crippen LogP contribution is 2.44. The van der Waals surface area contributed by atoms with Crippen LogP contribution in [0.3, 0.4) is 0 Å². The summed E-state index contributed by atoms with van der Waals surface area (Å²) in [6.07, 6.45) is 3.37. The van der Waals surface area contributed by atoms with Gasteiger partial charge in [-0.3, -0.25) is 4.98 Å². The Morgan fingerprint density at radius 1 is 0.853 bits per heavy atom. The molecule has 3 aromatic heterocycles. The molecule has 0 aliphatic heterocycles. The van der Waals surface area contributed by atoms with E-state index < -0.39 is 0 Å². The van der Waals surface area contributed by atoms with Crippen LogP contribution in [0.5, 0.6) is 0 Å². The van der Waals surface area contributed by atoms with E-state index in [0.29, 0.717) is 34.2 Å². The second-order valence-corrected chi connectivity index (χ2v) is 8.93. The van der Waals surface area contributed by atoms with Crippen LogP contribution in [0.15, 0.2) is 77.5 Å². The number of fused-ring (bicyclic) bond motifs is 1. The molecule has 0 aromatic carbocycles. The Bertz CT molecular complexity index is 1490. The fourth-order valence-corrected chi connectivity index (χ4v) is 4.51. The smallest absolute Gasteiger partial charge is 0.135 e. The van der Waals surface area contributed by atoms with Crippen LogP contribution in [-0.4, -0.2) is 9.97 Å².